The molecule has 0 bridgehead atoms. The number of halogens is 2. The van der Waals surface area contributed by atoms with Gasteiger partial charge >= 0.3 is 5.63 Å². The maximum atomic E-state index is 13.1. The molecule has 31 heavy (non-hydrogen) atoms. The van der Waals surface area contributed by atoms with E-state index in [0.29, 0.717) is 32.3 Å². The van der Waals surface area contributed by atoms with E-state index < -0.39 is 11.5 Å². The van der Waals surface area contributed by atoms with E-state index >= 15 is 0 Å². The van der Waals surface area contributed by atoms with Crippen molar-refractivity contribution in [3.05, 3.63) is 115 Å². The molecule has 2 heterocycles. The van der Waals surface area contributed by atoms with Gasteiger partial charge in [-0.05, 0) is 40.6 Å². The van der Waals surface area contributed by atoms with Crippen LogP contribution in [0.15, 0.2) is 76.5 Å². The number of rotatable bonds is 2. The van der Waals surface area contributed by atoms with Crippen LogP contribution in [0, 0.1) is 0 Å². The summed E-state index contributed by atoms with van der Waals surface area (Å²) < 4.78 is 11.8. The molecule has 0 amide bonds. The van der Waals surface area contributed by atoms with Gasteiger partial charge < -0.3 is 9.15 Å². The number of benzene rings is 3. The first-order chi connectivity index (χ1) is 15.0. The van der Waals surface area contributed by atoms with Crippen molar-refractivity contribution < 1.29 is 9.15 Å². The number of fused-ring (bicyclic) bond motifs is 4. The quantitative estimate of drug-likeness (QED) is 0.345. The highest BCUT2D eigenvalue weighted by Crippen LogP contribution is 2.48. The van der Waals surface area contributed by atoms with E-state index in [4.69, 9.17) is 32.4 Å². The SMILES string of the molecule is C=C/C=c1/c2c(c(=O)oc1=C)C(c1ccc(Cl)c(Cl)c1)c1c(ccc3ccccc13)O2. The Balaban J connectivity index is 1.96. The highest BCUT2D eigenvalue weighted by molar-refractivity contribution is 6.42. The average molecular weight is 447 g/mol. The predicted octanol–water partition coefficient (Wildman–Crippen LogP) is 5.76. The summed E-state index contributed by atoms with van der Waals surface area (Å²) in [6, 6.07) is 17.3. The molecule has 5 heteroatoms. The minimum absolute atomic E-state index is 0.223. The molecule has 1 aliphatic heterocycles. The lowest BCUT2D eigenvalue weighted by atomic mass is 9.81. The Kier molecular flexibility index (Phi) is 4.73. The number of hydrogen-bond donors (Lipinski definition) is 0. The van der Waals surface area contributed by atoms with Gasteiger partial charge in [-0.3, -0.25) is 0 Å². The molecule has 0 saturated carbocycles. The molecular formula is C26H16Cl2O3. The van der Waals surface area contributed by atoms with E-state index in [2.05, 4.69) is 13.2 Å². The fourth-order valence-electron chi connectivity index (χ4n) is 4.17. The highest BCUT2D eigenvalue weighted by Gasteiger charge is 2.34. The van der Waals surface area contributed by atoms with Crippen LogP contribution in [-0.2, 0) is 0 Å². The fraction of sp³-hybridized carbons (Fsp3) is 0.0385. The molecule has 0 N–H and O–H groups in total. The topological polar surface area (TPSA) is 39.4 Å². The summed E-state index contributed by atoms with van der Waals surface area (Å²) in [5, 5.41) is 3.44. The summed E-state index contributed by atoms with van der Waals surface area (Å²) in [6.07, 6.45) is 3.33. The van der Waals surface area contributed by atoms with Crippen LogP contribution in [0.3, 0.4) is 0 Å². The van der Waals surface area contributed by atoms with Crippen molar-refractivity contribution in [2.24, 2.45) is 0 Å². The smallest absolute Gasteiger partial charge is 0.344 e. The summed E-state index contributed by atoms with van der Waals surface area (Å²) in [5.74, 6) is 0.611. The normalized spacial score (nSPS) is 15.3. The van der Waals surface area contributed by atoms with Crippen LogP contribution in [0.25, 0.3) is 23.4 Å². The Bertz CT molecular complexity index is 1550. The van der Waals surface area contributed by atoms with Gasteiger partial charge in [-0.15, -0.1) is 0 Å². The highest BCUT2D eigenvalue weighted by atomic mass is 35.5. The standard InChI is InChI=1S/C26H16Cl2O3/c1-3-6-17-14(2)30-26(29)24-22(16-9-11-19(27)20(28)13-16)23-18-8-5-4-7-15(18)10-12-21(23)31-25(17)24/h3-13,22H,1-2H2/b17-6+. The van der Waals surface area contributed by atoms with E-state index in [9.17, 15) is 4.79 Å². The summed E-state index contributed by atoms with van der Waals surface area (Å²) in [4.78, 5) is 13.1. The van der Waals surface area contributed by atoms with Crippen molar-refractivity contribution >= 4 is 46.6 Å². The van der Waals surface area contributed by atoms with Gasteiger partial charge in [0.05, 0.1) is 20.8 Å². The molecule has 0 radical (unpaired) electrons. The molecule has 152 valence electrons. The van der Waals surface area contributed by atoms with Gasteiger partial charge in [0.2, 0.25) is 0 Å². The van der Waals surface area contributed by atoms with Gasteiger partial charge in [-0.1, -0.05) is 78.8 Å². The third-order valence-corrected chi connectivity index (χ3v) is 6.25. The van der Waals surface area contributed by atoms with Crippen LogP contribution in [0.2, 0.25) is 10.0 Å². The van der Waals surface area contributed by atoms with E-state index in [1.54, 1.807) is 24.3 Å². The van der Waals surface area contributed by atoms with Gasteiger partial charge in [0.1, 0.15) is 16.9 Å². The lowest BCUT2D eigenvalue weighted by Gasteiger charge is -2.29. The number of hydrogen-bond acceptors (Lipinski definition) is 3. The Morgan fingerprint density at radius 1 is 0.968 bits per heavy atom. The third-order valence-electron chi connectivity index (χ3n) is 5.51. The Labute approximate surface area is 188 Å². The second kappa shape index (κ2) is 7.45. The van der Waals surface area contributed by atoms with Crippen LogP contribution in [0.5, 0.6) is 11.5 Å². The molecule has 1 atom stereocenters. The molecule has 1 aliphatic rings. The summed E-state index contributed by atoms with van der Waals surface area (Å²) >= 11 is 12.5. The van der Waals surface area contributed by atoms with Crippen molar-refractivity contribution in [3.63, 3.8) is 0 Å². The Morgan fingerprint density at radius 2 is 1.77 bits per heavy atom. The summed E-state index contributed by atoms with van der Waals surface area (Å²) in [7, 11) is 0. The molecule has 1 unspecified atom stereocenters. The zero-order valence-electron chi connectivity index (χ0n) is 16.3. The molecule has 3 aromatic carbocycles. The van der Waals surface area contributed by atoms with Gasteiger partial charge in [0.25, 0.3) is 0 Å². The lowest BCUT2D eigenvalue weighted by Crippen LogP contribution is -2.35. The molecule has 0 fully saturated rings. The van der Waals surface area contributed by atoms with Gasteiger partial charge in [0, 0.05) is 11.5 Å². The first-order valence-corrected chi connectivity index (χ1v) is 10.4. The summed E-state index contributed by atoms with van der Waals surface area (Å²) in [5.41, 5.74) is 1.79. The number of ether oxygens (including phenoxy) is 1. The molecule has 0 spiro atoms. The Hall–Kier alpha value is -3.27. The maximum Gasteiger partial charge on any atom is 0.344 e. The monoisotopic (exact) mass is 446 g/mol. The minimum atomic E-state index is -0.504. The molecule has 0 aliphatic carbocycles. The second-order valence-corrected chi connectivity index (χ2v) is 8.09. The fourth-order valence-corrected chi connectivity index (χ4v) is 4.48. The van der Waals surface area contributed by atoms with Crippen LogP contribution in [-0.4, -0.2) is 0 Å². The molecule has 0 saturated heterocycles. The van der Waals surface area contributed by atoms with Crippen molar-refractivity contribution in [1.82, 2.24) is 0 Å². The van der Waals surface area contributed by atoms with Crippen molar-refractivity contribution in [1.29, 1.82) is 0 Å². The lowest BCUT2D eigenvalue weighted by molar-refractivity contribution is 0.404. The van der Waals surface area contributed by atoms with E-state index in [1.807, 2.05) is 42.5 Å². The van der Waals surface area contributed by atoms with Gasteiger partial charge in [-0.25, -0.2) is 4.79 Å². The second-order valence-electron chi connectivity index (χ2n) is 7.28. The largest absolute Gasteiger partial charge is 0.456 e. The molecular weight excluding hydrogens is 431 g/mol. The molecule has 5 rings (SSSR count). The zero-order chi connectivity index (χ0) is 21.7. The molecule has 3 nitrogen and oxygen atoms in total. The number of allylic oxidation sites excluding steroid dienone is 1. The molecule has 1 aromatic heterocycles. The van der Waals surface area contributed by atoms with Crippen LogP contribution in [0.1, 0.15) is 22.6 Å². The molecule has 4 aromatic rings. The van der Waals surface area contributed by atoms with E-state index in [1.165, 1.54) is 0 Å². The van der Waals surface area contributed by atoms with Crippen LogP contribution >= 0.6 is 23.2 Å². The average Bonchev–Trinajstić information content (AvgIpc) is 2.77. The van der Waals surface area contributed by atoms with E-state index in [-0.39, 0.29) is 5.42 Å². The van der Waals surface area contributed by atoms with E-state index in [0.717, 1.165) is 21.9 Å². The zero-order valence-corrected chi connectivity index (χ0v) is 17.8. The first kappa shape index (κ1) is 19.7. The first-order valence-electron chi connectivity index (χ1n) is 9.62. The van der Waals surface area contributed by atoms with Crippen LogP contribution < -0.4 is 21.0 Å². The minimum Gasteiger partial charge on any atom is -0.456 e. The Morgan fingerprint density at radius 3 is 2.55 bits per heavy atom. The van der Waals surface area contributed by atoms with Gasteiger partial charge in [0.15, 0.2) is 0 Å². The third kappa shape index (κ3) is 3.09. The van der Waals surface area contributed by atoms with Crippen LogP contribution in [0.4, 0.5) is 0 Å². The summed E-state index contributed by atoms with van der Waals surface area (Å²) in [6.45, 7) is 7.63. The van der Waals surface area contributed by atoms with Crippen molar-refractivity contribution in [2.45, 2.75) is 5.92 Å². The predicted molar refractivity (Wildman–Crippen MR) is 126 cm³/mol. The van der Waals surface area contributed by atoms with Crippen molar-refractivity contribution in [2.75, 3.05) is 0 Å². The maximum absolute atomic E-state index is 13.1. The van der Waals surface area contributed by atoms with Gasteiger partial charge in [-0.2, -0.15) is 0 Å². The van der Waals surface area contributed by atoms with Crippen molar-refractivity contribution in [3.8, 4) is 11.5 Å².